The van der Waals surface area contributed by atoms with E-state index in [2.05, 4.69) is 17.2 Å². The van der Waals surface area contributed by atoms with E-state index in [1.54, 1.807) is 6.07 Å². The second-order valence-corrected chi connectivity index (χ2v) is 5.32. The molecule has 4 nitrogen and oxygen atoms in total. The second kappa shape index (κ2) is 7.26. The van der Waals surface area contributed by atoms with Crippen LogP contribution in [0.5, 0.6) is 0 Å². The molecule has 1 aliphatic heterocycles. The van der Waals surface area contributed by atoms with Gasteiger partial charge in [-0.3, -0.25) is 4.79 Å². The van der Waals surface area contributed by atoms with Crippen molar-refractivity contribution in [1.29, 1.82) is 0 Å². The molecule has 1 aromatic rings. The van der Waals surface area contributed by atoms with E-state index in [-0.39, 0.29) is 18.6 Å². The van der Waals surface area contributed by atoms with Crippen LogP contribution in [-0.4, -0.2) is 36.9 Å². The average molecular weight is 287 g/mol. The Labute approximate surface area is 125 Å². The van der Waals surface area contributed by atoms with Gasteiger partial charge in [0, 0.05) is 29.7 Å². The molecule has 21 heavy (non-hydrogen) atoms. The molecule has 0 bridgehead atoms. The number of aliphatic hydroxyl groups excluding tert-OH is 1. The third-order valence-corrected chi connectivity index (χ3v) is 3.91. The van der Waals surface area contributed by atoms with E-state index in [0.717, 1.165) is 24.2 Å². The number of rotatable bonds is 3. The molecule has 112 valence electrons. The molecule has 2 rings (SSSR count). The fraction of sp³-hybridized carbons (Fsp3) is 0.471. The summed E-state index contributed by atoms with van der Waals surface area (Å²) in [4.78, 5) is 12.4. The number of hydrogen-bond donors (Lipinski definition) is 2. The summed E-state index contributed by atoms with van der Waals surface area (Å²) < 4.78 is 5.36. The Balaban J connectivity index is 2.11. The number of benzene rings is 1. The summed E-state index contributed by atoms with van der Waals surface area (Å²) in [6.45, 7) is 5.19. The predicted octanol–water partition coefficient (Wildman–Crippen LogP) is 1.49. The van der Waals surface area contributed by atoms with Crippen molar-refractivity contribution < 1.29 is 14.6 Å². The molecule has 1 aliphatic rings. The monoisotopic (exact) mass is 287 g/mol. The lowest BCUT2D eigenvalue weighted by atomic mass is 9.98. The minimum atomic E-state index is -0.186. The summed E-state index contributed by atoms with van der Waals surface area (Å²) in [5.74, 6) is 5.78. The highest BCUT2D eigenvalue weighted by atomic mass is 16.5. The highest BCUT2D eigenvalue weighted by Crippen LogP contribution is 2.18. The molecule has 2 atom stereocenters. The third-order valence-electron chi connectivity index (χ3n) is 3.91. The number of ether oxygens (including phenoxy) is 1. The Morgan fingerprint density at radius 2 is 2.38 bits per heavy atom. The van der Waals surface area contributed by atoms with Crippen molar-refractivity contribution in [3.63, 3.8) is 0 Å². The van der Waals surface area contributed by atoms with Gasteiger partial charge in [0.25, 0.3) is 5.91 Å². The molecule has 1 fully saturated rings. The minimum absolute atomic E-state index is 0.0838. The van der Waals surface area contributed by atoms with Gasteiger partial charge in [0.1, 0.15) is 6.61 Å². The lowest BCUT2D eigenvalue weighted by Gasteiger charge is -2.20. The van der Waals surface area contributed by atoms with Crippen LogP contribution in [0.1, 0.15) is 34.8 Å². The van der Waals surface area contributed by atoms with Gasteiger partial charge in [0.05, 0.1) is 6.61 Å². The van der Waals surface area contributed by atoms with Crippen molar-refractivity contribution in [2.75, 3.05) is 19.8 Å². The van der Waals surface area contributed by atoms with Crippen LogP contribution in [0.15, 0.2) is 18.2 Å². The van der Waals surface area contributed by atoms with Gasteiger partial charge < -0.3 is 15.2 Å². The second-order valence-electron chi connectivity index (χ2n) is 5.32. The Kier molecular flexibility index (Phi) is 5.38. The predicted molar refractivity (Wildman–Crippen MR) is 81.0 cm³/mol. The van der Waals surface area contributed by atoms with Crippen LogP contribution >= 0.6 is 0 Å². The Hall–Kier alpha value is -1.83. The molecule has 0 radical (unpaired) electrons. The van der Waals surface area contributed by atoms with Gasteiger partial charge in [-0.1, -0.05) is 17.9 Å². The molecule has 2 N–H and O–H groups in total. The average Bonchev–Trinajstić information content (AvgIpc) is 3.00. The van der Waals surface area contributed by atoms with Crippen LogP contribution in [0.2, 0.25) is 0 Å². The summed E-state index contributed by atoms with van der Waals surface area (Å²) >= 11 is 0. The quantitative estimate of drug-likeness (QED) is 0.828. The Bertz CT molecular complexity index is 565. The molecule has 0 aliphatic carbocycles. The number of amides is 1. The highest BCUT2D eigenvalue weighted by molar-refractivity contribution is 5.96. The molecule has 0 saturated carbocycles. The van der Waals surface area contributed by atoms with Crippen LogP contribution in [0, 0.1) is 24.7 Å². The molecule has 1 heterocycles. The third kappa shape index (κ3) is 3.84. The summed E-state index contributed by atoms with van der Waals surface area (Å²) in [5.41, 5.74) is 2.24. The first-order valence-electron chi connectivity index (χ1n) is 7.21. The molecule has 1 aromatic carbocycles. The first-order chi connectivity index (χ1) is 10.1. The van der Waals surface area contributed by atoms with Gasteiger partial charge >= 0.3 is 0 Å². The summed E-state index contributed by atoms with van der Waals surface area (Å²) in [5, 5.41) is 11.8. The van der Waals surface area contributed by atoms with Crippen LogP contribution in [0.25, 0.3) is 0 Å². The van der Waals surface area contributed by atoms with Gasteiger partial charge in [-0.2, -0.15) is 0 Å². The molecular formula is C17H21NO3. The Morgan fingerprint density at radius 1 is 1.57 bits per heavy atom. The molecule has 0 aromatic heterocycles. The maximum absolute atomic E-state index is 12.4. The summed E-state index contributed by atoms with van der Waals surface area (Å²) in [7, 11) is 0. The van der Waals surface area contributed by atoms with E-state index in [1.807, 2.05) is 26.0 Å². The van der Waals surface area contributed by atoms with Crippen LogP contribution in [0.4, 0.5) is 0 Å². The number of hydrogen-bond acceptors (Lipinski definition) is 3. The first kappa shape index (κ1) is 15.6. The fourth-order valence-corrected chi connectivity index (χ4v) is 2.50. The van der Waals surface area contributed by atoms with Gasteiger partial charge in [-0.05, 0) is 38.0 Å². The van der Waals surface area contributed by atoms with E-state index < -0.39 is 0 Å². The van der Waals surface area contributed by atoms with Crippen molar-refractivity contribution in [2.45, 2.75) is 26.3 Å². The molecule has 1 saturated heterocycles. The largest absolute Gasteiger partial charge is 0.384 e. The van der Waals surface area contributed by atoms with Crippen molar-refractivity contribution in [3.8, 4) is 11.8 Å². The summed E-state index contributed by atoms with van der Waals surface area (Å²) in [6, 6.07) is 5.55. The number of aliphatic hydroxyl groups is 1. The zero-order valence-electron chi connectivity index (χ0n) is 12.5. The van der Waals surface area contributed by atoms with E-state index in [1.165, 1.54) is 0 Å². The smallest absolute Gasteiger partial charge is 0.251 e. The number of nitrogens with one attached hydrogen (secondary N) is 1. The zero-order chi connectivity index (χ0) is 15.2. The maximum atomic E-state index is 12.4. The molecular weight excluding hydrogens is 266 g/mol. The summed E-state index contributed by atoms with van der Waals surface area (Å²) in [6.07, 6.45) is 0.989. The van der Waals surface area contributed by atoms with Crippen LogP contribution in [-0.2, 0) is 4.74 Å². The highest BCUT2D eigenvalue weighted by Gasteiger charge is 2.24. The minimum Gasteiger partial charge on any atom is -0.384 e. The maximum Gasteiger partial charge on any atom is 0.251 e. The normalized spacial score (nSPS) is 18.7. The standard InChI is InChI=1S/C17H21NO3/c1-12-14(6-4-9-19)5-3-7-16(12)17(20)18-13(2)15-8-10-21-11-15/h3,5,7,13,15,19H,8-11H2,1-2H3,(H,18,20). The van der Waals surface area contributed by atoms with Crippen LogP contribution in [0.3, 0.4) is 0 Å². The van der Waals surface area contributed by atoms with E-state index in [0.29, 0.717) is 18.1 Å². The van der Waals surface area contributed by atoms with E-state index in [4.69, 9.17) is 9.84 Å². The zero-order valence-corrected chi connectivity index (χ0v) is 12.5. The van der Waals surface area contributed by atoms with E-state index in [9.17, 15) is 4.79 Å². The molecule has 2 unspecified atom stereocenters. The first-order valence-corrected chi connectivity index (χ1v) is 7.21. The Morgan fingerprint density at radius 3 is 3.05 bits per heavy atom. The van der Waals surface area contributed by atoms with Gasteiger partial charge in [0.15, 0.2) is 0 Å². The fourth-order valence-electron chi connectivity index (χ4n) is 2.50. The number of carbonyl (C=O) groups excluding carboxylic acids is 1. The van der Waals surface area contributed by atoms with Crippen LogP contribution < -0.4 is 5.32 Å². The van der Waals surface area contributed by atoms with Gasteiger partial charge in [-0.25, -0.2) is 0 Å². The van der Waals surface area contributed by atoms with E-state index >= 15 is 0 Å². The van der Waals surface area contributed by atoms with Crippen molar-refractivity contribution in [1.82, 2.24) is 5.32 Å². The molecule has 1 amide bonds. The lowest BCUT2D eigenvalue weighted by Crippen LogP contribution is -2.38. The van der Waals surface area contributed by atoms with Crippen molar-refractivity contribution in [3.05, 3.63) is 34.9 Å². The SMILES string of the molecule is Cc1c(C#CCO)cccc1C(=O)NC(C)C1CCOC1. The number of carbonyl (C=O) groups is 1. The van der Waals surface area contributed by atoms with Gasteiger partial charge in [0.2, 0.25) is 0 Å². The molecule has 0 spiro atoms. The van der Waals surface area contributed by atoms with Crippen molar-refractivity contribution >= 4 is 5.91 Å². The molecule has 4 heteroatoms. The topological polar surface area (TPSA) is 58.6 Å². The van der Waals surface area contributed by atoms with Crippen molar-refractivity contribution in [2.24, 2.45) is 5.92 Å². The van der Waals surface area contributed by atoms with Gasteiger partial charge in [-0.15, -0.1) is 0 Å². The lowest BCUT2D eigenvalue weighted by molar-refractivity contribution is 0.0921.